The molecule has 4 nitrogen and oxygen atoms in total. The van der Waals surface area contributed by atoms with Crippen molar-refractivity contribution in [2.75, 3.05) is 13.2 Å². The summed E-state index contributed by atoms with van der Waals surface area (Å²) in [5, 5.41) is 0.503. The van der Waals surface area contributed by atoms with E-state index in [0.29, 0.717) is 24.1 Å². The van der Waals surface area contributed by atoms with Gasteiger partial charge in [0.1, 0.15) is 11.6 Å². The van der Waals surface area contributed by atoms with Crippen LogP contribution in [0.25, 0.3) is 0 Å². The third kappa shape index (κ3) is 2.64. The van der Waals surface area contributed by atoms with E-state index in [1.165, 1.54) is 0 Å². The summed E-state index contributed by atoms with van der Waals surface area (Å²) in [6.07, 6.45) is 3.95. The lowest BCUT2D eigenvalue weighted by Crippen LogP contribution is -2.17. The molecule has 5 heteroatoms. The summed E-state index contributed by atoms with van der Waals surface area (Å²) < 4.78 is 11.0. The zero-order chi connectivity index (χ0) is 11.4. The van der Waals surface area contributed by atoms with Gasteiger partial charge in [-0.25, -0.2) is 4.98 Å². The first-order valence-electron chi connectivity index (χ1n) is 5.39. The molecule has 1 aliphatic heterocycles. The molecule has 1 fully saturated rings. The number of aromatic nitrogens is 1. The molecule has 2 N–H and O–H groups in total. The molecule has 88 valence electrons. The van der Waals surface area contributed by atoms with Crippen LogP contribution in [0.1, 0.15) is 18.4 Å². The van der Waals surface area contributed by atoms with E-state index in [1.54, 1.807) is 12.3 Å². The highest BCUT2D eigenvalue weighted by Gasteiger charge is 2.17. The van der Waals surface area contributed by atoms with Gasteiger partial charge in [0, 0.05) is 19.3 Å². The van der Waals surface area contributed by atoms with Gasteiger partial charge in [0.2, 0.25) is 5.88 Å². The maximum absolute atomic E-state index is 6.09. The lowest BCUT2D eigenvalue weighted by atomic mass is 10.2. The van der Waals surface area contributed by atoms with E-state index >= 15 is 0 Å². The van der Waals surface area contributed by atoms with Crippen molar-refractivity contribution in [3.05, 3.63) is 22.8 Å². The molecule has 1 aliphatic rings. The van der Waals surface area contributed by atoms with E-state index in [0.717, 1.165) is 25.0 Å². The second kappa shape index (κ2) is 5.48. The number of nitrogens with two attached hydrogens (primary N) is 1. The maximum atomic E-state index is 6.09. The average Bonchev–Trinajstić information content (AvgIpc) is 2.81. The molecule has 0 aromatic carbocycles. The Kier molecular flexibility index (Phi) is 3.98. The van der Waals surface area contributed by atoms with Crippen LogP contribution < -0.4 is 10.5 Å². The summed E-state index contributed by atoms with van der Waals surface area (Å²) in [4.78, 5) is 4.08. The van der Waals surface area contributed by atoms with E-state index in [9.17, 15) is 0 Å². The minimum Gasteiger partial charge on any atom is -0.474 e. The number of nitrogens with zero attached hydrogens (tertiary/aromatic N) is 1. The first-order valence-corrected chi connectivity index (χ1v) is 5.77. The monoisotopic (exact) mass is 242 g/mol. The van der Waals surface area contributed by atoms with Crippen molar-refractivity contribution in [3.8, 4) is 5.88 Å². The van der Waals surface area contributed by atoms with Crippen LogP contribution in [0.5, 0.6) is 5.88 Å². The molecular weight excluding hydrogens is 228 g/mol. The van der Waals surface area contributed by atoms with Crippen LogP contribution in [0, 0.1) is 0 Å². The molecule has 0 spiro atoms. The maximum Gasteiger partial charge on any atom is 0.232 e. The molecule has 0 radical (unpaired) electrons. The minimum absolute atomic E-state index is 0.166. The number of ether oxygens (including phenoxy) is 2. The summed E-state index contributed by atoms with van der Waals surface area (Å²) >= 11 is 6.09. The average molecular weight is 243 g/mol. The van der Waals surface area contributed by atoms with E-state index < -0.39 is 0 Å². The third-order valence-corrected chi connectivity index (χ3v) is 2.99. The van der Waals surface area contributed by atoms with Crippen molar-refractivity contribution < 1.29 is 9.47 Å². The van der Waals surface area contributed by atoms with Crippen molar-refractivity contribution in [1.29, 1.82) is 0 Å². The summed E-state index contributed by atoms with van der Waals surface area (Å²) in [7, 11) is 0. The van der Waals surface area contributed by atoms with Crippen molar-refractivity contribution in [1.82, 2.24) is 4.98 Å². The molecule has 16 heavy (non-hydrogen) atoms. The largest absolute Gasteiger partial charge is 0.474 e. The molecule has 1 aromatic rings. The zero-order valence-electron chi connectivity index (χ0n) is 8.99. The fraction of sp³-hybridized carbons (Fsp3) is 0.545. The quantitative estimate of drug-likeness (QED) is 0.874. The SMILES string of the molecule is NCc1ccnc(OCC2CCCO2)c1Cl. The zero-order valence-corrected chi connectivity index (χ0v) is 9.74. The lowest BCUT2D eigenvalue weighted by Gasteiger charge is -2.12. The number of rotatable bonds is 4. The predicted octanol–water partition coefficient (Wildman–Crippen LogP) is 1.75. The lowest BCUT2D eigenvalue weighted by molar-refractivity contribution is 0.0663. The van der Waals surface area contributed by atoms with Gasteiger partial charge in [-0.05, 0) is 24.5 Å². The third-order valence-electron chi connectivity index (χ3n) is 2.59. The van der Waals surface area contributed by atoms with Crippen molar-refractivity contribution in [3.63, 3.8) is 0 Å². The number of hydrogen-bond donors (Lipinski definition) is 1. The van der Waals surface area contributed by atoms with Crippen LogP contribution in [0.3, 0.4) is 0 Å². The van der Waals surface area contributed by atoms with E-state index in [1.807, 2.05) is 0 Å². The van der Waals surface area contributed by atoms with Crippen molar-refractivity contribution in [2.24, 2.45) is 5.73 Å². The standard InChI is InChI=1S/C11H15ClN2O2/c12-10-8(6-13)3-4-14-11(10)16-7-9-2-1-5-15-9/h3-4,9H,1-2,5-7,13H2. The molecule has 0 aliphatic carbocycles. The minimum atomic E-state index is 0.166. The molecule has 1 unspecified atom stereocenters. The van der Waals surface area contributed by atoms with Gasteiger partial charge in [-0.3, -0.25) is 0 Å². The van der Waals surface area contributed by atoms with E-state index in [4.69, 9.17) is 26.8 Å². The molecular formula is C11H15ClN2O2. The van der Waals surface area contributed by atoms with Gasteiger partial charge in [-0.1, -0.05) is 11.6 Å². The Balaban J connectivity index is 1.97. The normalized spacial score (nSPS) is 20.0. The van der Waals surface area contributed by atoms with Gasteiger partial charge in [-0.2, -0.15) is 0 Å². The fourth-order valence-corrected chi connectivity index (χ4v) is 1.91. The highest BCUT2D eigenvalue weighted by Crippen LogP contribution is 2.26. The molecule has 0 amide bonds. The van der Waals surface area contributed by atoms with Gasteiger partial charge in [-0.15, -0.1) is 0 Å². The fourth-order valence-electron chi connectivity index (χ4n) is 1.67. The summed E-state index contributed by atoms with van der Waals surface area (Å²) in [5.74, 6) is 0.445. The first kappa shape index (κ1) is 11.6. The van der Waals surface area contributed by atoms with Gasteiger partial charge < -0.3 is 15.2 Å². The van der Waals surface area contributed by atoms with Crippen LogP contribution in [0.4, 0.5) is 0 Å². The Morgan fingerprint density at radius 1 is 1.62 bits per heavy atom. The Morgan fingerprint density at radius 2 is 2.50 bits per heavy atom. The first-order chi connectivity index (χ1) is 7.81. The molecule has 1 aromatic heterocycles. The highest BCUT2D eigenvalue weighted by atomic mass is 35.5. The molecule has 1 atom stereocenters. The molecule has 0 bridgehead atoms. The van der Waals surface area contributed by atoms with Crippen molar-refractivity contribution in [2.45, 2.75) is 25.5 Å². The van der Waals surface area contributed by atoms with Crippen molar-refractivity contribution >= 4 is 11.6 Å². The molecule has 0 saturated carbocycles. The predicted molar refractivity (Wildman–Crippen MR) is 61.6 cm³/mol. The number of hydrogen-bond acceptors (Lipinski definition) is 4. The van der Waals surface area contributed by atoms with Crippen LogP contribution in [0.2, 0.25) is 5.02 Å². The van der Waals surface area contributed by atoms with Crippen LogP contribution in [-0.4, -0.2) is 24.3 Å². The summed E-state index contributed by atoms with van der Waals surface area (Å²) in [6, 6.07) is 1.79. The number of halogens is 1. The highest BCUT2D eigenvalue weighted by molar-refractivity contribution is 6.32. The molecule has 2 heterocycles. The Hall–Kier alpha value is -0.840. The topological polar surface area (TPSA) is 57.4 Å². The van der Waals surface area contributed by atoms with Gasteiger partial charge in [0.05, 0.1) is 6.10 Å². The van der Waals surface area contributed by atoms with Crippen LogP contribution in [0.15, 0.2) is 12.3 Å². The Bertz CT molecular complexity index is 354. The number of pyridine rings is 1. The van der Waals surface area contributed by atoms with Crippen LogP contribution >= 0.6 is 11.6 Å². The second-order valence-corrected chi connectivity index (χ2v) is 4.12. The summed E-state index contributed by atoms with van der Waals surface area (Å²) in [6.45, 7) is 1.70. The summed E-state index contributed by atoms with van der Waals surface area (Å²) in [5.41, 5.74) is 6.39. The Morgan fingerprint density at radius 3 is 3.19 bits per heavy atom. The second-order valence-electron chi connectivity index (χ2n) is 3.74. The van der Waals surface area contributed by atoms with Gasteiger partial charge in [0.25, 0.3) is 0 Å². The van der Waals surface area contributed by atoms with Gasteiger partial charge in [0.15, 0.2) is 0 Å². The van der Waals surface area contributed by atoms with Gasteiger partial charge >= 0.3 is 0 Å². The smallest absolute Gasteiger partial charge is 0.232 e. The van der Waals surface area contributed by atoms with Crippen LogP contribution in [-0.2, 0) is 11.3 Å². The Labute approximate surface area is 99.7 Å². The molecule has 1 saturated heterocycles. The van der Waals surface area contributed by atoms with E-state index in [2.05, 4.69) is 4.98 Å². The molecule has 2 rings (SSSR count). The van der Waals surface area contributed by atoms with E-state index in [-0.39, 0.29) is 6.10 Å².